The molecule has 0 aliphatic rings. The van der Waals surface area contributed by atoms with E-state index in [4.69, 9.17) is 0 Å². The normalized spacial score (nSPS) is 10.2. The quantitative estimate of drug-likeness (QED) is 0.769. The molecule has 0 saturated carbocycles. The van der Waals surface area contributed by atoms with Crippen molar-refractivity contribution in [3.05, 3.63) is 65.7 Å². The van der Waals surface area contributed by atoms with Crippen molar-refractivity contribution in [2.75, 3.05) is 17.6 Å². The van der Waals surface area contributed by atoms with Crippen LogP contribution in [-0.2, 0) is 10.5 Å². The van der Waals surface area contributed by atoms with Crippen LogP contribution in [0.15, 0.2) is 54.6 Å². The van der Waals surface area contributed by atoms with Crippen LogP contribution >= 0.6 is 11.8 Å². The highest BCUT2D eigenvalue weighted by molar-refractivity contribution is 7.99. The summed E-state index contributed by atoms with van der Waals surface area (Å²) in [6.07, 6.45) is 0.871. The van der Waals surface area contributed by atoms with Crippen LogP contribution in [0.1, 0.15) is 29.3 Å². The average Bonchev–Trinajstić information content (AvgIpc) is 2.61. The van der Waals surface area contributed by atoms with Crippen LogP contribution in [0.25, 0.3) is 0 Å². The first-order valence-electron chi connectivity index (χ1n) is 7.99. The van der Waals surface area contributed by atoms with Gasteiger partial charge in [0, 0.05) is 12.3 Å². The number of amides is 2. The van der Waals surface area contributed by atoms with Crippen molar-refractivity contribution in [2.24, 2.45) is 0 Å². The lowest BCUT2D eigenvalue weighted by Crippen LogP contribution is -2.26. The van der Waals surface area contributed by atoms with Crippen molar-refractivity contribution in [3.63, 3.8) is 0 Å². The van der Waals surface area contributed by atoms with E-state index in [9.17, 15) is 9.59 Å². The predicted molar refractivity (Wildman–Crippen MR) is 100 cm³/mol. The van der Waals surface area contributed by atoms with Crippen LogP contribution < -0.4 is 10.6 Å². The number of hydrogen-bond donors (Lipinski definition) is 2. The largest absolute Gasteiger partial charge is 0.352 e. The van der Waals surface area contributed by atoms with Crippen molar-refractivity contribution in [2.45, 2.75) is 19.1 Å². The van der Waals surface area contributed by atoms with E-state index in [2.05, 4.69) is 10.6 Å². The summed E-state index contributed by atoms with van der Waals surface area (Å²) in [6, 6.07) is 17.1. The molecular weight excluding hydrogens is 320 g/mol. The molecule has 4 nitrogen and oxygen atoms in total. The number of carbonyl (C=O) groups is 2. The lowest BCUT2D eigenvalue weighted by molar-refractivity contribution is -0.113. The van der Waals surface area contributed by atoms with Crippen LogP contribution in [0.2, 0.25) is 0 Å². The maximum absolute atomic E-state index is 12.1. The van der Waals surface area contributed by atoms with Crippen molar-refractivity contribution < 1.29 is 9.59 Å². The second kappa shape index (κ2) is 9.78. The summed E-state index contributed by atoms with van der Waals surface area (Å²) in [7, 11) is 0. The van der Waals surface area contributed by atoms with Gasteiger partial charge in [0.25, 0.3) is 5.91 Å². The molecule has 0 aliphatic heterocycles. The van der Waals surface area contributed by atoms with Gasteiger partial charge in [-0.05, 0) is 24.1 Å². The van der Waals surface area contributed by atoms with Gasteiger partial charge in [0.1, 0.15) is 0 Å². The van der Waals surface area contributed by atoms with Crippen LogP contribution in [0.3, 0.4) is 0 Å². The molecule has 0 spiro atoms. The molecule has 0 aromatic heterocycles. The first-order valence-corrected chi connectivity index (χ1v) is 9.15. The fourth-order valence-corrected chi connectivity index (χ4v) is 2.93. The lowest BCUT2D eigenvalue weighted by Gasteiger charge is -2.11. The van der Waals surface area contributed by atoms with E-state index >= 15 is 0 Å². The maximum Gasteiger partial charge on any atom is 0.253 e. The van der Waals surface area contributed by atoms with Crippen LogP contribution in [0.4, 0.5) is 5.69 Å². The van der Waals surface area contributed by atoms with Gasteiger partial charge in [-0.1, -0.05) is 49.4 Å². The van der Waals surface area contributed by atoms with Crippen molar-refractivity contribution >= 4 is 29.3 Å². The maximum atomic E-state index is 12.1. The van der Waals surface area contributed by atoms with Gasteiger partial charge in [-0.3, -0.25) is 9.59 Å². The van der Waals surface area contributed by atoms with E-state index in [1.54, 1.807) is 30.0 Å². The van der Waals surface area contributed by atoms with Crippen molar-refractivity contribution in [1.82, 2.24) is 5.32 Å². The Morgan fingerprint density at radius 3 is 2.46 bits per heavy atom. The monoisotopic (exact) mass is 342 g/mol. The van der Waals surface area contributed by atoms with E-state index in [1.807, 2.05) is 43.3 Å². The van der Waals surface area contributed by atoms with Gasteiger partial charge in [0.05, 0.1) is 17.0 Å². The molecule has 0 fully saturated rings. The molecule has 126 valence electrons. The van der Waals surface area contributed by atoms with Crippen LogP contribution in [-0.4, -0.2) is 24.1 Å². The molecule has 0 heterocycles. The molecule has 24 heavy (non-hydrogen) atoms. The van der Waals surface area contributed by atoms with Gasteiger partial charge < -0.3 is 10.6 Å². The van der Waals surface area contributed by atoms with Crippen LogP contribution in [0, 0.1) is 0 Å². The van der Waals surface area contributed by atoms with E-state index in [0.29, 0.717) is 23.5 Å². The molecule has 2 aromatic carbocycles. The highest BCUT2D eigenvalue weighted by atomic mass is 32.2. The molecule has 0 radical (unpaired) electrons. The molecule has 5 heteroatoms. The lowest BCUT2D eigenvalue weighted by atomic mass is 10.1. The fourth-order valence-electron chi connectivity index (χ4n) is 2.15. The summed E-state index contributed by atoms with van der Waals surface area (Å²) in [5.41, 5.74) is 2.23. The summed E-state index contributed by atoms with van der Waals surface area (Å²) in [4.78, 5) is 24.3. The zero-order valence-electron chi connectivity index (χ0n) is 13.7. The molecule has 0 bridgehead atoms. The van der Waals surface area contributed by atoms with E-state index in [1.165, 1.54) is 5.56 Å². The number of carbonyl (C=O) groups excluding carboxylic acids is 2. The van der Waals surface area contributed by atoms with Gasteiger partial charge in [-0.25, -0.2) is 0 Å². The van der Waals surface area contributed by atoms with Crippen molar-refractivity contribution in [1.29, 1.82) is 0 Å². The fraction of sp³-hybridized carbons (Fsp3) is 0.263. The Balaban J connectivity index is 1.88. The zero-order valence-corrected chi connectivity index (χ0v) is 14.6. The average molecular weight is 342 g/mol. The zero-order chi connectivity index (χ0) is 17.2. The van der Waals surface area contributed by atoms with Gasteiger partial charge in [-0.15, -0.1) is 11.8 Å². The standard InChI is InChI=1S/C19H22N2O2S/c1-2-12-20-19(23)16-10-6-7-11-17(16)21-18(22)14-24-13-15-8-4-3-5-9-15/h3-11H,2,12-14H2,1H3,(H,20,23)(H,21,22). The Morgan fingerprint density at radius 2 is 1.71 bits per heavy atom. The first kappa shape index (κ1) is 18.1. The van der Waals surface area contributed by atoms with E-state index in [-0.39, 0.29) is 11.8 Å². The molecule has 2 amide bonds. The molecule has 2 N–H and O–H groups in total. The second-order valence-corrected chi connectivity index (χ2v) is 6.31. The molecular formula is C19H22N2O2S. The number of para-hydroxylation sites is 1. The Hall–Kier alpha value is -2.27. The van der Waals surface area contributed by atoms with Crippen molar-refractivity contribution in [3.8, 4) is 0 Å². The molecule has 0 saturated heterocycles. The molecule has 0 aliphatic carbocycles. The minimum Gasteiger partial charge on any atom is -0.352 e. The smallest absolute Gasteiger partial charge is 0.253 e. The summed E-state index contributed by atoms with van der Waals surface area (Å²) >= 11 is 1.55. The second-order valence-electron chi connectivity index (χ2n) is 5.33. The Bertz CT molecular complexity index is 674. The third-order valence-electron chi connectivity index (χ3n) is 3.33. The number of nitrogens with one attached hydrogen (secondary N) is 2. The van der Waals surface area contributed by atoms with Gasteiger partial charge in [-0.2, -0.15) is 0 Å². The topological polar surface area (TPSA) is 58.2 Å². The first-order chi connectivity index (χ1) is 11.7. The number of thioether (sulfide) groups is 1. The van der Waals surface area contributed by atoms with Gasteiger partial charge >= 0.3 is 0 Å². The van der Waals surface area contributed by atoms with E-state index in [0.717, 1.165) is 12.2 Å². The molecule has 0 unspecified atom stereocenters. The molecule has 2 rings (SSSR count). The summed E-state index contributed by atoms with van der Waals surface area (Å²) in [6.45, 7) is 2.62. The predicted octanol–water partition coefficient (Wildman–Crippen LogP) is 3.70. The summed E-state index contributed by atoms with van der Waals surface area (Å²) in [5.74, 6) is 0.864. The summed E-state index contributed by atoms with van der Waals surface area (Å²) < 4.78 is 0. The van der Waals surface area contributed by atoms with Gasteiger partial charge in [0.15, 0.2) is 0 Å². The Morgan fingerprint density at radius 1 is 1.00 bits per heavy atom. The molecule has 2 aromatic rings. The third kappa shape index (κ3) is 5.74. The number of rotatable bonds is 8. The SMILES string of the molecule is CCCNC(=O)c1ccccc1NC(=O)CSCc1ccccc1. The minimum absolute atomic E-state index is 0.105. The number of anilines is 1. The Labute approximate surface area is 147 Å². The number of hydrogen-bond acceptors (Lipinski definition) is 3. The highest BCUT2D eigenvalue weighted by Gasteiger charge is 2.12. The molecule has 0 atom stereocenters. The summed E-state index contributed by atoms with van der Waals surface area (Å²) in [5, 5.41) is 5.67. The van der Waals surface area contributed by atoms with Gasteiger partial charge in [0.2, 0.25) is 5.91 Å². The highest BCUT2D eigenvalue weighted by Crippen LogP contribution is 2.17. The van der Waals surface area contributed by atoms with E-state index < -0.39 is 0 Å². The number of benzene rings is 2. The third-order valence-corrected chi connectivity index (χ3v) is 4.33. The van der Waals surface area contributed by atoms with Crippen LogP contribution in [0.5, 0.6) is 0 Å². The minimum atomic E-state index is -0.162. The Kier molecular flexibility index (Phi) is 7.36.